The highest BCUT2D eigenvalue weighted by atomic mass is 16.5. The zero-order valence-corrected chi connectivity index (χ0v) is 14.3. The summed E-state index contributed by atoms with van der Waals surface area (Å²) >= 11 is 0. The number of benzene rings is 2. The minimum absolute atomic E-state index is 0.241. The van der Waals surface area contributed by atoms with E-state index in [0.717, 1.165) is 17.7 Å². The van der Waals surface area contributed by atoms with E-state index < -0.39 is 0 Å². The molecule has 2 aromatic carbocycles. The van der Waals surface area contributed by atoms with Crippen LogP contribution in [0.15, 0.2) is 77.6 Å². The lowest BCUT2D eigenvalue weighted by Gasteiger charge is -2.06. The molecule has 1 amide bonds. The van der Waals surface area contributed by atoms with Gasteiger partial charge in [0.25, 0.3) is 5.91 Å². The maximum atomic E-state index is 12.5. The van der Waals surface area contributed by atoms with E-state index in [1.165, 1.54) is 22.3 Å². The molecule has 1 N–H and O–H groups in total. The fraction of sp³-hybridized carbons (Fsp3) is 0.0455. The van der Waals surface area contributed by atoms with Crippen LogP contribution in [0, 0.1) is 0 Å². The first-order valence-corrected chi connectivity index (χ1v) is 8.67. The molecule has 0 atom stereocenters. The van der Waals surface area contributed by atoms with Crippen LogP contribution in [0.1, 0.15) is 21.6 Å². The predicted molar refractivity (Wildman–Crippen MR) is 102 cm³/mol. The second-order valence-corrected chi connectivity index (χ2v) is 6.47. The Bertz CT molecular complexity index is 1150. The number of carbonyl (C=O) groups is 1. The third-order valence-corrected chi connectivity index (χ3v) is 4.76. The molecule has 5 nitrogen and oxygen atoms in total. The van der Waals surface area contributed by atoms with Crippen molar-refractivity contribution in [2.24, 2.45) is 0 Å². The maximum Gasteiger partial charge on any atom is 0.277 e. The number of amides is 1. The fourth-order valence-corrected chi connectivity index (χ4v) is 3.45. The summed E-state index contributed by atoms with van der Waals surface area (Å²) in [4.78, 5) is 16.5. The number of rotatable bonds is 3. The number of carbonyl (C=O) groups excluding carboxylic acids is 1. The molecule has 130 valence electrons. The van der Waals surface area contributed by atoms with Gasteiger partial charge in [0, 0.05) is 29.7 Å². The van der Waals surface area contributed by atoms with Crippen molar-refractivity contribution in [2.75, 3.05) is 5.32 Å². The molecule has 0 bridgehead atoms. The molecule has 2 aromatic heterocycles. The molecule has 4 aromatic rings. The Labute approximate surface area is 155 Å². The van der Waals surface area contributed by atoms with Crippen molar-refractivity contribution < 1.29 is 9.32 Å². The van der Waals surface area contributed by atoms with Gasteiger partial charge in [-0.15, -0.1) is 0 Å². The summed E-state index contributed by atoms with van der Waals surface area (Å²) < 4.78 is 5.29. The Morgan fingerprint density at radius 2 is 1.74 bits per heavy atom. The van der Waals surface area contributed by atoms with Gasteiger partial charge in [0.2, 0.25) is 0 Å². The van der Waals surface area contributed by atoms with Gasteiger partial charge < -0.3 is 9.84 Å². The molecular weight excluding hydrogens is 338 g/mol. The van der Waals surface area contributed by atoms with E-state index in [1.807, 2.05) is 12.1 Å². The van der Waals surface area contributed by atoms with Crippen molar-refractivity contribution in [3.63, 3.8) is 0 Å². The van der Waals surface area contributed by atoms with E-state index in [2.05, 4.69) is 45.8 Å². The average molecular weight is 353 g/mol. The highest BCUT2D eigenvalue weighted by molar-refractivity contribution is 6.03. The molecule has 27 heavy (non-hydrogen) atoms. The molecule has 0 unspecified atom stereocenters. The summed E-state index contributed by atoms with van der Waals surface area (Å²) in [7, 11) is 0. The first-order valence-electron chi connectivity index (χ1n) is 8.67. The lowest BCUT2D eigenvalue weighted by atomic mass is 10.1. The Kier molecular flexibility index (Phi) is 3.57. The SMILES string of the molecule is O=C(Nc1ccc2c(c1)Cc1ccccc1-2)c1cc(-c2ccncc2)on1. The largest absolute Gasteiger partial charge is 0.355 e. The van der Waals surface area contributed by atoms with Crippen LogP contribution in [0.2, 0.25) is 0 Å². The molecule has 5 rings (SSSR count). The molecule has 0 aliphatic heterocycles. The standard InChI is InChI=1S/C22H15N3O2/c26-22(20-13-21(27-25-20)14-7-9-23-10-8-14)24-17-5-6-19-16(12-17)11-15-3-1-2-4-18(15)19/h1-10,12-13H,11H2,(H,24,26). The minimum Gasteiger partial charge on any atom is -0.355 e. The highest BCUT2D eigenvalue weighted by Gasteiger charge is 2.19. The van der Waals surface area contributed by atoms with E-state index in [0.29, 0.717) is 5.76 Å². The first kappa shape index (κ1) is 15.5. The van der Waals surface area contributed by atoms with Crippen LogP contribution in [0.3, 0.4) is 0 Å². The van der Waals surface area contributed by atoms with E-state index in [4.69, 9.17) is 4.52 Å². The van der Waals surface area contributed by atoms with Crippen LogP contribution in [0.4, 0.5) is 5.69 Å². The number of fused-ring (bicyclic) bond motifs is 3. The summed E-state index contributed by atoms with van der Waals surface area (Å²) in [5.41, 5.74) is 6.84. The third kappa shape index (κ3) is 2.79. The summed E-state index contributed by atoms with van der Waals surface area (Å²) in [6.07, 6.45) is 4.21. The fourth-order valence-electron chi connectivity index (χ4n) is 3.45. The first-order chi connectivity index (χ1) is 13.3. The van der Waals surface area contributed by atoms with Crippen molar-refractivity contribution >= 4 is 11.6 Å². The summed E-state index contributed by atoms with van der Waals surface area (Å²) in [5.74, 6) is 0.237. The van der Waals surface area contributed by atoms with E-state index in [9.17, 15) is 4.79 Å². The molecule has 0 fully saturated rings. The third-order valence-electron chi connectivity index (χ3n) is 4.76. The van der Waals surface area contributed by atoms with Crippen LogP contribution in [-0.2, 0) is 6.42 Å². The molecule has 0 saturated heterocycles. The van der Waals surface area contributed by atoms with Gasteiger partial charge in [-0.3, -0.25) is 9.78 Å². The highest BCUT2D eigenvalue weighted by Crippen LogP contribution is 2.37. The lowest BCUT2D eigenvalue weighted by molar-refractivity contribution is 0.101. The Morgan fingerprint density at radius 3 is 2.63 bits per heavy atom. The number of anilines is 1. The molecule has 0 saturated carbocycles. The van der Waals surface area contributed by atoms with Gasteiger partial charge in [-0.25, -0.2) is 0 Å². The molecular formula is C22H15N3O2. The number of nitrogens with zero attached hydrogens (tertiary/aromatic N) is 2. The van der Waals surface area contributed by atoms with Crippen LogP contribution < -0.4 is 5.32 Å². The average Bonchev–Trinajstić information content (AvgIpc) is 3.33. The van der Waals surface area contributed by atoms with Crippen LogP contribution in [0.25, 0.3) is 22.5 Å². The Balaban J connectivity index is 1.37. The molecule has 0 radical (unpaired) electrons. The Hall–Kier alpha value is -3.73. The van der Waals surface area contributed by atoms with Gasteiger partial charge in [-0.1, -0.05) is 35.5 Å². The lowest BCUT2D eigenvalue weighted by Crippen LogP contribution is -2.12. The molecule has 2 heterocycles. The summed E-state index contributed by atoms with van der Waals surface area (Å²) in [6.45, 7) is 0. The summed E-state index contributed by atoms with van der Waals surface area (Å²) in [6, 6.07) is 19.6. The molecule has 0 spiro atoms. The predicted octanol–water partition coefficient (Wildman–Crippen LogP) is 4.56. The minimum atomic E-state index is -0.297. The molecule has 1 aliphatic rings. The second-order valence-electron chi connectivity index (χ2n) is 6.47. The number of hydrogen-bond donors (Lipinski definition) is 1. The second kappa shape index (κ2) is 6.21. The quantitative estimate of drug-likeness (QED) is 0.516. The number of aromatic nitrogens is 2. The van der Waals surface area contributed by atoms with E-state index in [-0.39, 0.29) is 11.6 Å². The van der Waals surface area contributed by atoms with Gasteiger partial charge in [0.15, 0.2) is 11.5 Å². The van der Waals surface area contributed by atoms with Crippen LogP contribution >= 0.6 is 0 Å². The number of pyridine rings is 1. The van der Waals surface area contributed by atoms with E-state index >= 15 is 0 Å². The van der Waals surface area contributed by atoms with Crippen molar-refractivity contribution in [3.8, 4) is 22.5 Å². The van der Waals surface area contributed by atoms with Gasteiger partial charge in [-0.2, -0.15) is 0 Å². The summed E-state index contributed by atoms with van der Waals surface area (Å²) in [5, 5.41) is 6.79. The zero-order chi connectivity index (χ0) is 18.2. The monoisotopic (exact) mass is 353 g/mol. The molecule has 1 aliphatic carbocycles. The number of nitrogens with one attached hydrogen (secondary N) is 1. The maximum absolute atomic E-state index is 12.5. The zero-order valence-electron chi connectivity index (χ0n) is 14.3. The van der Waals surface area contributed by atoms with E-state index in [1.54, 1.807) is 30.6 Å². The molecule has 5 heteroatoms. The van der Waals surface area contributed by atoms with Crippen LogP contribution in [-0.4, -0.2) is 16.0 Å². The smallest absolute Gasteiger partial charge is 0.277 e. The van der Waals surface area contributed by atoms with Crippen molar-refractivity contribution in [1.29, 1.82) is 0 Å². The number of hydrogen-bond acceptors (Lipinski definition) is 4. The van der Waals surface area contributed by atoms with Crippen molar-refractivity contribution in [3.05, 3.63) is 89.9 Å². The van der Waals surface area contributed by atoms with Gasteiger partial charge in [0.05, 0.1) is 0 Å². The van der Waals surface area contributed by atoms with Crippen molar-refractivity contribution in [1.82, 2.24) is 10.1 Å². The van der Waals surface area contributed by atoms with Gasteiger partial charge in [-0.05, 0) is 52.9 Å². The Morgan fingerprint density at radius 1 is 0.926 bits per heavy atom. The van der Waals surface area contributed by atoms with Gasteiger partial charge in [0.1, 0.15) is 0 Å². The topological polar surface area (TPSA) is 68.0 Å². The van der Waals surface area contributed by atoms with Crippen molar-refractivity contribution in [2.45, 2.75) is 6.42 Å². The van der Waals surface area contributed by atoms with Crippen LogP contribution in [0.5, 0.6) is 0 Å². The van der Waals surface area contributed by atoms with Gasteiger partial charge >= 0.3 is 0 Å². The normalized spacial score (nSPS) is 11.7.